The van der Waals surface area contributed by atoms with Gasteiger partial charge in [-0.3, -0.25) is 4.99 Å². The molecule has 5 nitrogen and oxygen atoms in total. The van der Waals surface area contributed by atoms with Gasteiger partial charge in [-0.1, -0.05) is 18.2 Å². The second kappa shape index (κ2) is 6.74. The number of aromatic nitrogens is 2. The molecule has 0 radical (unpaired) electrons. The Hall–Kier alpha value is -2.82. The van der Waals surface area contributed by atoms with Gasteiger partial charge >= 0.3 is 0 Å². The van der Waals surface area contributed by atoms with Crippen molar-refractivity contribution in [3.8, 4) is 0 Å². The van der Waals surface area contributed by atoms with E-state index in [9.17, 15) is 0 Å². The van der Waals surface area contributed by atoms with E-state index >= 15 is 0 Å². The number of imidazole rings is 1. The molecule has 0 fully saturated rings. The summed E-state index contributed by atoms with van der Waals surface area (Å²) < 4.78 is 2.17. The summed E-state index contributed by atoms with van der Waals surface area (Å²) in [6.07, 6.45) is 0. The zero-order valence-electron chi connectivity index (χ0n) is 14.4. The third-order valence-corrected chi connectivity index (χ3v) is 3.95. The molecule has 3 N–H and O–H groups in total. The van der Waals surface area contributed by atoms with Crippen LogP contribution in [0.3, 0.4) is 0 Å². The molecule has 2 aromatic carbocycles. The SMILES string of the molecule is Cc1cc(C)cc(NC(N)=NCCn2c(C)nc3ccccc32)c1. The van der Waals surface area contributed by atoms with Gasteiger partial charge in [-0.05, 0) is 56.2 Å². The van der Waals surface area contributed by atoms with Gasteiger partial charge in [-0.25, -0.2) is 4.98 Å². The first-order chi connectivity index (χ1) is 11.5. The summed E-state index contributed by atoms with van der Waals surface area (Å²) in [5, 5.41) is 3.16. The van der Waals surface area contributed by atoms with Crippen molar-refractivity contribution in [1.29, 1.82) is 0 Å². The van der Waals surface area contributed by atoms with Gasteiger partial charge < -0.3 is 15.6 Å². The van der Waals surface area contributed by atoms with Crippen LogP contribution >= 0.6 is 0 Å². The quantitative estimate of drug-likeness (QED) is 0.572. The Kier molecular flexibility index (Phi) is 4.51. The van der Waals surface area contributed by atoms with Crippen LogP contribution in [0.5, 0.6) is 0 Å². The predicted molar refractivity (Wildman–Crippen MR) is 100 cm³/mol. The Morgan fingerprint density at radius 2 is 1.83 bits per heavy atom. The molecule has 0 aliphatic carbocycles. The smallest absolute Gasteiger partial charge is 0.193 e. The van der Waals surface area contributed by atoms with Gasteiger partial charge in [0.05, 0.1) is 17.6 Å². The lowest BCUT2D eigenvalue weighted by Crippen LogP contribution is -2.23. The summed E-state index contributed by atoms with van der Waals surface area (Å²) in [5.41, 5.74) is 11.5. The second-order valence-corrected chi connectivity index (χ2v) is 6.07. The van der Waals surface area contributed by atoms with Crippen molar-refractivity contribution in [2.75, 3.05) is 11.9 Å². The topological polar surface area (TPSA) is 68.2 Å². The highest BCUT2D eigenvalue weighted by Crippen LogP contribution is 2.15. The number of hydrogen-bond donors (Lipinski definition) is 2. The van der Waals surface area contributed by atoms with Crippen LogP contribution in [-0.4, -0.2) is 22.1 Å². The fourth-order valence-corrected chi connectivity index (χ4v) is 2.98. The molecule has 0 saturated heterocycles. The molecule has 0 amide bonds. The van der Waals surface area contributed by atoms with E-state index in [1.165, 1.54) is 11.1 Å². The molecule has 1 heterocycles. The van der Waals surface area contributed by atoms with E-state index in [4.69, 9.17) is 5.73 Å². The van der Waals surface area contributed by atoms with E-state index in [0.29, 0.717) is 12.5 Å². The number of nitrogens with two attached hydrogens (primary N) is 1. The summed E-state index contributed by atoms with van der Waals surface area (Å²) in [5.74, 6) is 1.43. The number of fused-ring (bicyclic) bond motifs is 1. The number of nitrogens with zero attached hydrogens (tertiary/aromatic N) is 3. The van der Waals surface area contributed by atoms with Crippen molar-refractivity contribution >= 4 is 22.7 Å². The largest absolute Gasteiger partial charge is 0.370 e. The maximum absolute atomic E-state index is 6.01. The Labute approximate surface area is 142 Å². The van der Waals surface area contributed by atoms with Crippen LogP contribution in [0.2, 0.25) is 0 Å². The lowest BCUT2D eigenvalue weighted by molar-refractivity contribution is 0.704. The molecule has 124 valence electrons. The van der Waals surface area contributed by atoms with E-state index in [1.807, 2.05) is 25.1 Å². The van der Waals surface area contributed by atoms with Gasteiger partial charge in [0.2, 0.25) is 0 Å². The highest BCUT2D eigenvalue weighted by molar-refractivity contribution is 5.92. The molecule has 1 aromatic heterocycles. The minimum absolute atomic E-state index is 0.432. The lowest BCUT2D eigenvalue weighted by Gasteiger charge is -2.09. The van der Waals surface area contributed by atoms with E-state index in [1.54, 1.807) is 0 Å². The van der Waals surface area contributed by atoms with Crippen LogP contribution in [0, 0.1) is 20.8 Å². The summed E-state index contributed by atoms with van der Waals surface area (Å²) in [4.78, 5) is 9.00. The van der Waals surface area contributed by atoms with Crippen molar-refractivity contribution in [3.05, 3.63) is 59.4 Å². The standard InChI is InChI=1S/C19H23N5/c1-13-10-14(2)12-16(11-13)23-19(20)21-8-9-24-15(3)22-17-6-4-5-7-18(17)24/h4-7,10-12H,8-9H2,1-3H3,(H3,20,21,23). The van der Waals surface area contributed by atoms with Crippen molar-refractivity contribution < 1.29 is 0 Å². The average molecular weight is 321 g/mol. The number of benzene rings is 2. The number of rotatable bonds is 4. The molecule has 24 heavy (non-hydrogen) atoms. The number of anilines is 1. The molecule has 0 aliphatic heterocycles. The minimum atomic E-state index is 0.432. The molecular formula is C19H23N5. The number of aliphatic imine (C=N–C) groups is 1. The average Bonchev–Trinajstić information content (AvgIpc) is 2.82. The fraction of sp³-hybridized carbons (Fsp3) is 0.263. The summed E-state index contributed by atoms with van der Waals surface area (Å²) in [6.45, 7) is 7.50. The fourth-order valence-electron chi connectivity index (χ4n) is 2.98. The zero-order chi connectivity index (χ0) is 17.1. The van der Waals surface area contributed by atoms with Crippen molar-refractivity contribution in [2.45, 2.75) is 27.3 Å². The first-order valence-corrected chi connectivity index (χ1v) is 8.10. The van der Waals surface area contributed by atoms with Crippen LogP contribution in [0.4, 0.5) is 5.69 Å². The number of hydrogen-bond acceptors (Lipinski definition) is 2. The molecule has 0 atom stereocenters. The molecule has 0 saturated carbocycles. The molecule has 3 rings (SSSR count). The van der Waals surface area contributed by atoms with E-state index in [0.717, 1.165) is 29.1 Å². The monoisotopic (exact) mass is 321 g/mol. The normalized spacial score (nSPS) is 11.9. The highest BCUT2D eigenvalue weighted by atomic mass is 15.1. The molecule has 0 bridgehead atoms. The lowest BCUT2D eigenvalue weighted by atomic mass is 10.1. The van der Waals surface area contributed by atoms with E-state index in [2.05, 4.69) is 58.0 Å². The van der Waals surface area contributed by atoms with Crippen LogP contribution in [-0.2, 0) is 6.54 Å². The predicted octanol–water partition coefficient (Wildman–Crippen LogP) is 3.39. The summed E-state index contributed by atoms with van der Waals surface area (Å²) in [7, 11) is 0. The van der Waals surface area contributed by atoms with Gasteiger partial charge in [0.25, 0.3) is 0 Å². The maximum atomic E-state index is 6.01. The highest BCUT2D eigenvalue weighted by Gasteiger charge is 2.05. The van der Waals surface area contributed by atoms with Crippen LogP contribution in [0.1, 0.15) is 17.0 Å². The van der Waals surface area contributed by atoms with Crippen molar-refractivity contribution in [2.24, 2.45) is 10.7 Å². The molecule has 0 aliphatic rings. The number of para-hydroxylation sites is 2. The van der Waals surface area contributed by atoms with Crippen LogP contribution in [0.15, 0.2) is 47.5 Å². The zero-order valence-corrected chi connectivity index (χ0v) is 14.4. The number of guanidine groups is 1. The molecule has 3 aromatic rings. The van der Waals surface area contributed by atoms with Gasteiger partial charge in [-0.15, -0.1) is 0 Å². The van der Waals surface area contributed by atoms with Gasteiger partial charge in [0, 0.05) is 12.2 Å². The van der Waals surface area contributed by atoms with Gasteiger partial charge in [0.1, 0.15) is 5.82 Å². The molecular weight excluding hydrogens is 298 g/mol. The first-order valence-electron chi connectivity index (χ1n) is 8.10. The Morgan fingerprint density at radius 3 is 2.58 bits per heavy atom. The van der Waals surface area contributed by atoms with Gasteiger partial charge in [-0.2, -0.15) is 0 Å². The molecule has 0 spiro atoms. The summed E-state index contributed by atoms with van der Waals surface area (Å²) >= 11 is 0. The van der Waals surface area contributed by atoms with Crippen LogP contribution in [0.25, 0.3) is 11.0 Å². The van der Waals surface area contributed by atoms with E-state index < -0.39 is 0 Å². The number of nitrogens with one attached hydrogen (secondary N) is 1. The van der Waals surface area contributed by atoms with Gasteiger partial charge in [0.15, 0.2) is 5.96 Å². The van der Waals surface area contributed by atoms with Crippen molar-refractivity contribution in [1.82, 2.24) is 9.55 Å². The third-order valence-electron chi connectivity index (χ3n) is 3.95. The number of aryl methyl sites for hydroxylation is 3. The van der Waals surface area contributed by atoms with Crippen LogP contribution < -0.4 is 11.1 Å². The maximum Gasteiger partial charge on any atom is 0.193 e. The van der Waals surface area contributed by atoms with Crippen molar-refractivity contribution in [3.63, 3.8) is 0 Å². The Morgan fingerprint density at radius 1 is 1.12 bits per heavy atom. The Balaban J connectivity index is 1.68. The first kappa shape index (κ1) is 16.1. The minimum Gasteiger partial charge on any atom is -0.370 e. The summed E-state index contributed by atoms with van der Waals surface area (Å²) in [6, 6.07) is 14.4. The molecule has 0 unspecified atom stereocenters. The molecule has 5 heteroatoms. The Bertz CT molecular complexity index is 872. The second-order valence-electron chi connectivity index (χ2n) is 6.07. The van der Waals surface area contributed by atoms with E-state index in [-0.39, 0.29) is 0 Å². The third kappa shape index (κ3) is 3.56.